The van der Waals surface area contributed by atoms with Gasteiger partial charge in [-0.15, -0.1) is 10.2 Å². The Morgan fingerprint density at radius 3 is 2.74 bits per heavy atom. The maximum atomic E-state index is 6.21. The molecule has 1 aromatic carbocycles. The maximum Gasteiger partial charge on any atom is 0.176 e. The second-order valence-corrected chi connectivity index (χ2v) is 6.48. The van der Waals surface area contributed by atoms with E-state index in [1.165, 1.54) is 0 Å². The predicted octanol–water partition coefficient (Wildman–Crippen LogP) is 3.98. The first kappa shape index (κ1) is 16.6. The van der Waals surface area contributed by atoms with E-state index >= 15 is 0 Å². The average molecular weight is 392 g/mol. The molecule has 0 bridgehead atoms. The number of aromatic nitrogens is 2. The van der Waals surface area contributed by atoms with E-state index in [2.05, 4.69) is 20.7 Å². The molecule has 5 nitrogen and oxygen atoms in total. The van der Waals surface area contributed by atoms with E-state index in [1.807, 2.05) is 6.07 Å². The molecule has 9 heteroatoms. The SMILES string of the molecule is Clc1ccc(C[C@@H]2CON=C(c3cc(Cl)nnc3Cl)N2)c(Cl)c1. The Hall–Kier alpha value is -1.27. The molecule has 1 aliphatic heterocycles. The summed E-state index contributed by atoms with van der Waals surface area (Å²) in [5, 5.41) is 16.3. The molecule has 0 saturated carbocycles. The Labute approximate surface area is 152 Å². The third-order valence-corrected chi connectivity index (χ3v) is 4.28. The summed E-state index contributed by atoms with van der Waals surface area (Å²) in [6.45, 7) is 0.395. The van der Waals surface area contributed by atoms with E-state index in [4.69, 9.17) is 51.2 Å². The molecule has 0 amide bonds. The number of amidine groups is 1. The van der Waals surface area contributed by atoms with Gasteiger partial charge >= 0.3 is 0 Å². The molecule has 0 unspecified atom stereocenters. The third kappa shape index (κ3) is 3.98. The molecular formula is C14H10Cl4N4O. The molecule has 1 atom stereocenters. The zero-order chi connectivity index (χ0) is 16.4. The molecule has 2 aromatic rings. The number of halogens is 4. The largest absolute Gasteiger partial charge is 0.392 e. The highest BCUT2D eigenvalue weighted by Gasteiger charge is 2.22. The normalized spacial score (nSPS) is 17.2. The van der Waals surface area contributed by atoms with Gasteiger partial charge in [-0.2, -0.15) is 0 Å². The van der Waals surface area contributed by atoms with Crippen molar-refractivity contribution in [2.45, 2.75) is 12.5 Å². The first-order chi connectivity index (χ1) is 11.0. The molecule has 1 aliphatic rings. The highest BCUT2D eigenvalue weighted by atomic mass is 35.5. The van der Waals surface area contributed by atoms with Gasteiger partial charge in [-0.1, -0.05) is 57.6 Å². The zero-order valence-corrected chi connectivity index (χ0v) is 14.6. The smallest absolute Gasteiger partial charge is 0.176 e. The summed E-state index contributed by atoms with van der Waals surface area (Å²) in [5.74, 6) is 0.452. The molecule has 3 rings (SSSR count). The molecule has 0 saturated heterocycles. The van der Waals surface area contributed by atoms with Crippen LogP contribution in [0, 0.1) is 0 Å². The van der Waals surface area contributed by atoms with Gasteiger partial charge in [0.05, 0.1) is 11.6 Å². The summed E-state index contributed by atoms with van der Waals surface area (Å²) in [4.78, 5) is 5.29. The molecule has 0 fully saturated rings. The quantitative estimate of drug-likeness (QED) is 0.859. The van der Waals surface area contributed by atoms with Gasteiger partial charge in [-0.05, 0) is 30.2 Å². The fourth-order valence-electron chi connectivity index (χ4n) is 2.16. The Balaban J connectivity index is 1.78. The van der Waals surface area contributed by atoms with Crippen LogP contribution in [0.15, 0.2) is 29.4 Å². The first-order valence-corrected chi connectivity index (χ1v) is 8.13. The van der Waals surface area contributed by atoms with Crippen LogP contribution in [0.5, 0.6) is 0 Å². The maximum absolute atomic E-state index is 6.21. The number of hydrogen-bond donors (Lipinski definition) is 1. The Morgan fingerprint density at radius 1 is 1.13 bits per heavy atom. The standard InChI is InChI=1S/C14H10Cl4N4O/c15-8-2-1-7(11(16)4-8)3-9-6-23-22-14(19-9)10-5-12(17)20-21-13(10)18/h1-2,4-5,9H,3,6H2,(H,19,22)/t9-/m1/s1. The lowest BCUT2D eigenvalue weighted by Crippen LogP contribution is -2.43. The molecular weight excluding hydrogens is 382 g/mol. The van der Waals surface area contributed by atoms with Crippen molar-refractivity contribution in [3.8, 4) is 0 Å². The van der Waals surface area contributed by atoms with Gasteiger partial charge in [0.25, 0.3) is 0 Å². The van der Waals surface area contributed by atoms with Crippen LogP contribution in [0.4, 0.5) is 0 Å². The summed E-state index contributed by atoms with van der Waals surface area (Å²) in [6.07, 6.45) is 0.638. The van der Waals surface area contributed by atoms with E-state index in [9.17, 15) is 0 Å². The molecule has 23 heavy (non-hydrogen) atoms. The third-order valence-electron chi connectivity index (χ3n) is 3.23. The van der Waals surface area contributed by atoms with E-state index < -0.39 is 0 Å². The number of oxime groups is 1. The topological polar surface area (TPSA) is 59.4 Å². The average Bonchev–Trinajstić information content (AvgIpc) is 2.53. The Morgan fingerprint density at radius 2 is 1.96 bits per heavy atom. The van der Waals surface area contributed by atoms with Crippen LogP contribution >= 0.6 is 46.4 Å². The van der Waals surface area contributed by atoms with Gasteiger partial charge in [0, 0.05) is 10.0 Å². The summed E-state index contributed by atoms with van der Waals surface area (Å²) in [6, 6.07) is 6.93. The fraction of sp³-hybridized carbons (Fsp3) is 0.214. The van der Waals surface area contributed by atoms with Crippen molar-refractivity contribution >= 4 is 52.2 Å². The van der Waals surface area contributed by atoms with Crippen molar-refractivity contribution in [3.05, 3.63) is 55.7 Å². The van der Waals surface area contributed by atoms with Crippen LogP contribution in [0.3, 0.4) is 0 Å². The molecule has 120 valence electrons. The van der Waals surface area contributed by atoms with E-state index in [-0.39, 0.29) is 16.3 Å². The van der Waals surface area contributed by atoms with Gasteiger partial charge in [0.2, 0.25) is 0 Å². The predicted molar refractivity (Wildman–Crippen MR) is 91.6 cm³/mol. The molecule has 0 radical (unpaired) electrons. The van der Waals surface area contributed by atoms with Gasteiger partial charge in [-0.3, -0.25) is 0 Å². The lowest BCUT2D eigenvalue weighted by atomic mass is 10.1. The molecule has 0 aliphatic carbocycles. The summed E-state index contributed by atoms with van der Waals surface area (Å²) >= 11 is 24.0. The molecule has 0 spiro atoms. The molecule has 1 aromatic heterocycles. The molecule has 2 heterocycles. The summed E-state index contributed by atoms with van der Waals surface area (Å²) in [5.41, 5.74) is 1.48. The Kier molecular flexibility index (Phi) is 5.11. The monoisotopic (exact) mass is 390 g/mol. The van der Waals surface area contributed by atoms with Crippen LogP contribution in [0.2, 0.25) is 20.4 Å². The molecule has 1 N–H and O–H groups in total. The Bertz CT molecular complexity index is 768. The zero-order valence-electron chi connectivity index (χ0n) is 11.6. The van der Waals surface area contributed by atoms with Crippen molar-refractivity contribution in [3.63, 3.8) is 0 Å². The van der Waals surface area contributed by atoms with Crippen molar-refractivity contribution in [1.82, 2.24) is 15.5 Å². The van der Waals surface area contributed by atoms with Gasteiger partial charge in [0.15, 0.2) is 16.1 Å². The van der Waals surface area contributed by atoms with E-state index in [0.29, 0.717) is 34.5 Å². The fourth-order valence-corrected chi connectivity index (χ4v) is 2.98. The summed E-state index contributed by atoms with van der Waals surface area (Å²) in [7, 11) is 0. The van der Waals surface area contributed by atoms with Crippen molar-refractivity contribution < 1.29 is 4.84 Å². The van der Waals surface area contributed by atoms with Crippen LogP contribution < -0.4 is 5.32 Å². The van der Waals surface area contributed by atoms with Crippen molar-refractivity contribution in [2.75, 3.05) is 6.61 Å². The minimum Gasteiger partial charge on any atom is -0.392 e. The number of nitrogens with zero attached hydrogens (tertiary/aromatic N) is 3. The van der Waals surface area contributed by atoms with Crippen molar-refractivity contribution in [2.24, 2.45) is 5.16 Å². The number of hydrogen-bond acceptors (Lipinski definition) is 5. The van der Waals surface area contributed by atoms with Crippen LogP contribution in [-0.2, 0) is 11.3 Å². The van der Waals surface area contributed by atoms with Crippen LogP contribution in [0.1, 0.15) is 11.1 Å². The highest BCUT2D eigenvalue weighted by molar-refractivity contribution is 6.35. The van der Waals surface area contributed by atoms with Crippen molar-refractivity contribution in [1.29, 1.82) is 0 Å². The second kappa shape index (κ2) is 7.09. The van der Waals surface area contributed by atoms with E-state index in [0.717, 1.165) is 5.56 Å². The lowest BCUT2D eigenvalue weighted by molar-refractivity contribution is 0.109. The second-order valence-electron chi connectivity index (χ2n) is 4.89. The summed E-state index contributed by atoms with van der Waals surface area (Å²) < 4.78 is 0. The van der Waals surface area contributed by atoms with Gasteiger partial charge < -0.3 is 10.2 Å². The minimum absolute atomic E-state index is 0.0378. The van der Waals surface area contributed by atoms with Crippen LogP contribution in [-0.4, -0.2) is 28.7 Å². The lowest BCUT2D eigenvalue weighted by Gasteiger charge is -2.24. The van der Waals surface area contributed by atoms with E-state index in [1.54, 1.807) is 18.2 Å². The number of nitrogens with one attached hydrogen (secondary N) is 1. The van der Waals surface area contributed by atoms with Gasteiger partial charge in [-0.25, -0.2) is 0 Å². The van der Waals surface area contributed by atoms with Gasteiger partial charge in [0.1, 0.15) is 6.61 Å². The number of rotatable bonds is 3. The van der Waals surface area contributed by atoms with Crippen LogP contribution in [0.25, 0.3) is 0 Å². The highest BCUT2D eigenvalue weighted by Crippen LogP contribution is 2.23. The first-order valence-electron chi connectivity index (χ1n) is 6.62. The number of benzene rings is 1. The minimum atomic E-state index is -0.0378.